The quantitative estimate of drug-likeness (QED) is 0.890. The molecule has 116 valence electrons. The van der Waals surface area contributed by atoms with E-state index in [0.29, 0.717) is 18.2 Å². The molecule has 0 radical (unpaired) electrons. The first-order chi connectivity index (χ1) is 10.6. The van der Waals surface area contributed by atoms with Crippen LogP contribution in [0.15, 0.2) is 36.8 Å². The van der Waals surface area contributed by atoms with Crippen LogP contribution in [0.5, 0.6) is 5.75 Å². The maximum absolute atomic E-state index is 11.9. The molecule has 0 aliphatic carbocycles. The van der Waals surface area contributed by atoms with E-state index in [0.717, 1.165) is 12.2 Å². The third-order valence-corrected chi connectivity index (χ3v) is 3.41. The van der Waals surface area contributed by atoms with E-state index in [9.17, 15) is 4.79 Å². The first kappa shape index (κ1) is 15.9. The van der Waals surface area contributed by atoms with Crippen LogP contribution < -0.4 is 10.1 Å². The number of ether oxygens (including phenoxy) is 1. The van der Waals surface area contributed by atoms with Gasteiger partial charge in [0.05, 0.1) is 13.3 Å². The summed E-state index contributed by atoms with van der Waals surface area (Å²) in [6.45, 7) is 4.83. The SMILES string of the molecule is COc1ccc(CCNC(=O)c2cnccn2)cc1C(C)C. The summed E-state index contributed by atoms with van der Waals surface area (Å²) in [6.07, 6.45) is 5.27. The summed E-state index contributed by atoms with van der Waals surface area (Å²) in [6, 6.07) is 6.15. The zero-order chi connectivity index (χ0) is 15.9. The molecular formula is C17H21N3O2. The number of hydrogen-bond donors (Lipinski definition) is 1. The maximum Gasteiger partial charge on any atom is 0.271 e. The average Bonchev–Trinajstić information content (AvgIpc) is 2.55. The number of carbonyl (C=O) groups excluding carboxylic acids is 1. The first-order valence-electron chi connectivity index (χ1n) is 7.33. The largest absolute Gasteiger partial charge is 0.496 e. The summed E-state index contributed by atoms with van der Waals surface area (Å²) in [5, 5.41) is 2.85. The molecule has 0 fully saturated rings. The van der Waals surface area contributed by atoms with Crippen molar-refractivity contribution in [1.29, 1.82) is 0 Å². The Bertz CT molecular complexity index is 627. The van der Waals surface area contributed by atoms with Gasteiger partial charge in [-0.1, -0.05) is 26.0 Å². The zero-order valence-electron chi connectivity index (χ0n) is 13.2. The normalized spacial score (nSPS) is 10.5. The van der Waals surface area contributed by atoms with Crippen LogP contribution in [0.4, 0.5) is 0 Å². The summed E-state index contributed by atoms with van der Waals surface area (Å²) in [4.78, 5) is 19.7. The molecule has 1 aromatic heterocycles. The standard InChI is InChI=1S/C17H21N3O2/c1-12(2)14-10-13(4-5-16(14)22-3)6-7-20-17(21)15-11-18-8-9-19-15/h4-5,8-12H,6-7H2,1-3H3,(H,20,21). The molecule has 22 heavy (non-hydrogen) atoms. The van der Waals surface area contributed by atoms with Crippen LogP contribution in [-0.2, 0) is 6.42 Å². The minimum absolute atomic E-state index is 0.203. The average molecular weight is 299 g/mol. The van der Waals surface area contributed by atoms with Crippen LogP contribution in [0, 0.1) is 0 Å². The van der Waals surface area contributed by atoms with Gasteiger partial charge in [0.1, 0.15) is 11.4 Å². The van der Waals surface area contributed by atoms with E-state index >= 15 is 0 Å². The van der Waals surface area contributed by atoms with Crippen LogP contribution in [0.2, 0.25) is 0 Å². The van der Waals surface area contributed by atoms with Crippen molar-refractivity contribution >= 4 is 5.91 Å². The van der Waals surface area contributed by atoms with E-state index in [1.165, 1.54) is 23.5 Å². The van der Waals surface area contributed by atoms with Gasteiger partial charge in [0.25, 0.3) is 5.91 Å². The molecule has 2 rings (SSSR count). The summed E-state index contributed by atoms with van der Waals surface area (Å²) in [5.41, 5.74) is 2.68. The number of rotatable bonds is 6. The minimum Gasteiger partial charge on any atom is -0.496 e. The monoisotopic (exact) mass is 299 g/mol. The van der Waals surface area contributed by atoms with Crippen molar-refractivity contribution in [2.24, 2.45) is 0 Å². The first-order valence-corrected chi connectivity index (χ1v) is 7.33. The van der Waals surface area contributed by atoms with Gasteiger partial charge in [0.2, 0.25) is 0 Å². The number of nitrogens with zero attached hydrogens (tertiary/aromatic N) is 2. The Labute approximate surface area is 130 Å². The Kier molecular flexibility index (Phi) is 5.47. The molecule has 0 unspecified atom stereocenters. The summed E-state index contributed by atoms with van der Waals surface area (Å²) in [5.74, 6) is 1.09. The molecule has 0 saturated heterocycles. The van der Waals surface area contributed by atoms with Crippen molar-refractivity contribution in [3.8, 4) is 5.75 Å². The van der Waals surface area contributed by atoms with Crippen LogP contribution in [0.25, 0.3) is 0 Å². The summed E-state index contributed by atoms with van der Waals surface area (Å²) >= 11 is 0. The number of nitrogens with one attached hydrogen (secondary N) is 1. The molecule has 5 heteroatoms. The lowest BCUT2D eigenvalue weighted by molar-refractivity contribution is 0.0948. The molecule has 0 aliphatic heterocycles. The Hall–Kier alpha value is -2.43. The van der Waals surface area contributed by atoms with E-state index in [2.05, 4.69) is 35.2 Å². The molecule has 0 spiro atoms. The number of amides is 1. The van der Waals surface area contributed by atoms with Gasteiger partial charge in [-0.25, -0.2) is 4.98 Å². The lowest BCUT2D eigenvalue weighted by Gasteiger charge is -2.13. The molecule has 0 aliphatic rings. The molecular weight excluding hydrogens is 278 g/mol. The highest BCUT2D eigenvalue weighted by Gasteiger charge is 2.09. The van der Waals surface area contributed by atoms with Gasteiger partial charge in [0, 0.05) is 18.9 Å². The second kappa shape index (κ2) is 7.54. The van der Waals surface area contributed by atoms with Gasteiger partial charge in [-0.15, -0.1) is 0 Å². The molecule has 5 nitrogen and oxygen atoms in total. The second-order valence-electron chi connectivity index (χ2n) is 5.33. The molecule has 0 bridgehead atoms. The van der Waals surface area contributed by atoms with E-state index in [-0.39, 0.29) is 5.91 Å². The van der Waals surface area contributed by atoms with Crippen molar-refractivity contribution in [2.75, 3.05) is 13.7 Å². The maximum atomic E-state index is 11.9. The van der Waals surface area contributed by atoms with Gasteiger partial charge in [0.15, 0.2) is 0 Å². The summed E-state index contributed by atoms with van der Waals surface area (Å²) < 4.78 is 5.38. The highest BCUT2D eigenvalue weighted by atomic mass is 16.5. The van der Waals surface area contributed by atoms with Gasteiger partial charge < -0.3 is 10.1 Å². The van der Waals surface area contributed by atoms with Crippen LogP contribution in [0.3, 0.4) is 0 Å². The van der Waals surface area contributed by atoms with Gasteiger partial charge in [-0.2, -0.15) is 0 Å². The predicted octanol–water partition coefficient (Wildman–Crippen LogP) is 2.58. The minimum atomic E-state index is -0.203. The van der Waals surface area contributed by atoms with E-state index in [1.807, 2.05) is 12.1 Å². The third-order valence-electron chi connectivity index (χ3n) is 3.41. The highest BCUT2D eigenvalue weighted by molar-refractivity contribution is 5.91. The Morgan fingerprint density at radius 3 is 2.77 bits per heavy atom. The van der Waals surface area contributed by atoms with Gasteiger partial charge in [-0.05, 0) is 29.5 Å². The number of hydrogen-bond acceptors (Lipinski definition) is 4. The highest BCUT2D eigenvalue weighted by Crippen LogP contribution is 2.27. The van der Waals surface area contributed by atoms with Crippen LogP contribution >= 0.6 is 0 Å². The number of benzene rings is 1. The molecule has 2 aromatic rings. The smallest absolute Gasteiger partial charge is 0.271 e. The number of methoxy groups -OCH3 is 1. The van der Waals surface area contributed by atoms with Crippen molar-refractivity contribution in [3.63, 3.8) is 0 Å². The van der Waals surface area contributed by atoms with Crippen molar-refractivity contribution in [2.45, 2.75) is 26.2 Å². The predicted molar refractivity (Wildman–Crippen MR) is 85.2 cm³/mol. The molecule has 1 aromatic carbocycles. The number of aromatic nitrogens is 2. The Balaban J connectivity index is 1.95. The third kappa shape index (κ3) is 4.04. The van der Waals surface area contributed by atoms with Gasteiger partial charge in [-0.3, -0.25) is 9.78 Å². The van der Waals surface area contributed by atoms with E-state index in [4.69, 9.17) is 4.74 Å². The lowest BCUT2D eigenvalue weighted by atomic mass is 9.98. The lowest BCUT2D eigenvalue weighted by Crippen LogP contribution is -2.26. The topological polar surface area (TPSA) is 64.1 Å². The summed E-state index contributed by atoms with van der Waals surface area (Å²) in [7, 11) is 1.68. The van der Waals surface area contributed by atoms with Crippen LogP contribution in [0.1, 0.15) is 41.4 Å². The molecule has 1 amide bonds. The Morgan fingerprint density at radius 2 is 2.14 bits per heavy atom. The molecule has 1 heterocycles. The van der Waals surface area contributed by atoms with Crippen LogP contribution in [-0.4, -0.2) is 29.5 Å². The fourth-order valence-electron chi connectivity index (χ4n) is 2.22. The van der Waals surface area contributed by atoms with Crippen molar-refractivity contribution < 1.29 is 9.53 Å². The molecule has 1 N–H and O–H groups in total. The van der Waals surface area contributed by atoms with E-state index < -0.39 is 0 Å². The van der Waals surface area contributed by atoms with E-state index in [1.54, 1.807) is 13.3 Å². The fourth-order valence-corrected chi connectivity index (χ4v) is 2.22. The van der Waals surface area contributed by atoms with Crippen molar-refractivity contribution in [3.05, 3.63) is 53.6 Å². The second-order valence-corrected chi connectivity index (χ2v) is 5.33. The fraction of sp³-hybridized carbons (Fsp3) is 0.353. The number of carbonyl (C=O) groups is 1. The molecule has 0 atom stereocenters. The van der Waals surface area contributed by atoms with Gasteiger partial charge >= 0.3 is 0 Å². The Morgan fingerprint density at radius 1 is 1.32 bits per heavy atom. The zero-order valence-corrected chi connectivity index (χ0v) is 13.2. The molecule has 0 saturated carbocycles. The van der Waals surface area contributed by atoms with Crippen molar-refractivity contribution in [1.82, 2.24) is 15.3 Å².